The Labute approximate surface area is 182 Å². The first-order valence-corrected chi connectivity index (χ1v) is 10.4. The molecule has 2 heterocycles. The highest BCUT2D eigenvalue weighted by Crippen LogP contribution is 2.37. The molecule has 8 heteroatoms. The zero-order chi connectivity index (χ0) is 20.7. The van der Waals surface area contributed by atoms with E-state index in [2.05, 4.69) is 0 Å². The number of imide groups is 1. The molecule has 0 unspecified atom stereocenters. The summed E-state index contributed by atoms with van der Waals surface area (Å²) in [6.45, 7) is 1.92. The van der Waals surface area contributed by atoms with Crippen LogP contribution in [0.15, 0.2) is 53.4 Å². The second-order valence-corrected chi connectivity index (χ2v) is 8.84. The van der Waals surface area contributed by atoms with Crippen molar-refractivity contribution in [2.75, 3.05) is 4.90 Å². The van der Waals surface area contributed by atoms with Gasteiger partial charge in [-0.1, -0.05) is 65.4 Å². The van der Waals surface area contributed by atoms with E-state index in [1.807, 2.05) is 19.1 Å². The topological polar surface area (TPSA) is 57.7 Å². The lowest BCUT2D eigenvalue weighted by atomic mass is 10.2. The van der Waals surface area contributed by atoms with Gasteiger partial charge < -0.3 is 0 Å². The van der Waals surface area contributed by atoms with Crippen LogP contribution in [0.1, 0.15) is 17.5 Å². The number of carbonyl (C=O) groups excluding carboxylic acids is 3. The van der Waals surface area contributed by atoms with Crippen LogP contribution in [0.3, 0.4) is 0 Å². The van der Waals surface area contributed by atoms with E-state index < -0.39 is 11.9 Å². The first kappa shape index (κ1) is 19.8. The van der Waals surface area contributed by atoms with Crippen LogP contribution in [-0.2, 0) is 14.4 Å². The molecule has 5 nitrogen and oxygen atoms in total. The number of hydrogen-bond acceptors (Lipinski definition) is 5. The van der Waals surface area contributed by atoms with Crippen molar-refractivity contribution in [1.82, 2.24) is 4.90 Å². The van der Waals surface area contributed by atoms with Crippen molar-refractivity contribution in [3.8, 4) is 0 Å². The monoisotopic (exact) mass is 442 g/mol. The van der Waals surface area contributed by atoms with Crippen molar-refractivity contribution in [1.29, 1.82) is 0 Å². The molecule has 0 spiro atoms. The fourth-order valence-electron chi connectivity index (χ4n) is 3.24. The summed E-state index contributed by atoms with van der Waals surface area (Å²) in [5, 5.41) is 0.598. The van der Waals surface area contributed by atoms with Crippen molar-refractivity contribution in [3.63, 3.8) is 0 Å². The zero-order valence-corrected chi connectivity index (χ0v) is 17.7. The SMILES string of the molecule is Cc1ccc(N2C(=O)C[C@@H](N3C(=O)/C(=C/c4ccc(Cl)cc4)SC3=S)C2=O)cc1. The number of halogens is 1. The molecule has 2 aliphatic heterocycles. The molecule has 1 atom stereocenters. The maximum Gasteiger partial charge on any atom is 0.266 e. The summed E-state index contributed by atoms with van der Waals surface area (Å²) in [6, 6.07) is 13.2. The average molecular weight is 443 g/mol. The minimum absolute atomic E-state index is 0.0899. The number of benzene rings is 2. The summed E-state index contributed by atoms with van der Waals surface area (Å²) in [6.07, 6.45) is 1.61. The number of amides is 3. The summed E-state index contributed by atoms with van der Waals surface area (Å²) in [7, 11) is 0. The molecule has 0 aliphatic carbocycles. The molecular weight excluding hydrogens is 428 g/mol. The standard InChI is InChI=1S/C21H15ClN2O3S2/c1-12-2-8-15(9-3-12)23-18(25)11-16(19(23)26)24-20(27)17(29-21(24)28)10-13-4-6-14(22)7-5-13/h2-10,16H,11H2,1H3/b17-10-/t16-/m1/s1. The van der Waals surface area contributed by atoms with Gasteiger partial charge in [0.25, 0.3) is 11.8 Å². The summed E-state index contributed by atoms with van der Waals surface area (Å²) in [4.78, 5) is 41.3. The van der Waals surface area contributed by atoms with Gasteiger partial charge in [-0.2, -0.15) is 0 Å². The van der Waals surface area contributed by atoms with E-state index in [9.17, 15) is 14.4 Å². The number of hydrogen-bond donors (Lipinski definition) is 0. The Kier molecular flexibility index (Phi) is 5.29. The Morgan fingerprint density at radius 1 is 1.07 bits per heavy atom. The number of carbonyl (C=O) groups is 3. The van der Waals surface area contributed by atoms with Gasteiger partial charge in [-0.25, -0.2) is 4.90 Å². The maximum atomic E-state index is 13.0. The molecule has 2 fully saturated rings. The van der Waals surface area contributed by atoms with E-state index in [0.717, 1.165) is 27.8 Å². The van der Waals surface area contributed by atoms with Gasteiger partial charge in [-0.05, 0) is 42.8 Å². The molecule has 3 amide bonds. The van der Waals surface area contributed by atoms with E-state index in [1.165, 1.54) is 4.90 Å². The van der Waals surface area contributed by atoms with Crippen molar-refractivity contribution in [2.24, 2.45) is 0 Å². The number of rotatable bonds is 3. The Hall–Kier alpha value is -2.48. The number of anilines is 1. The van der Waals surface area contributed by atoms with Gasteiger partial charge in [0.05, 0.1) is 17.0 Å². The lowest BCUT2D eigenvalue weighted by Crippen LogP contribution is -2.44. The Balaban J connectivity index is 1.59. The second kappa shape index (κ2) is 7.74. The molecule has 0 N–H and O–H groups in total. The molecule has 4 rings (SSSR count). The lowest BCUT2D eigenvalue weighted by molar-refractivity contribution is -0.129. The largest absolute Gasteiger partial charge is 0.280 e. The van der Waals surface area contributed by atoms with Crippen LogP contribution in [-0.4, -0.2) is 33.0 Å². The van der Waals surface area contributed by atoms with Crippen LogP contribution < -0.4 is 4.90 Å². The predicted molar refractivity (Wildman–Crippen MR) is 119 cm³/mol. The lowest BCUT2D eigenvalue weighted by Gasteiger charge is -2.21. The molecule has 146 valence electrons. The molecular formula is C21H15ClN2O3S2. The third kappa shape index (κ3) is 3.73. The number of thioether (sulfide) groups is 1. The van der Waals surface area contributed by atoms with Crippen LogP contribution in [0.25, 0.3) is 6.08 Å². The van der Waals surface area contributed by atoms with Gasteiger partial charge in [0.15, 0.2) is 0 Å². The van der Waals surface area contributed by atoms with Gasteiger partial charge >= 0.3 is 0 Å². The number of nitrogens with zero attached hydrogens (tertiary/aromatic N) is 2. The third-order valence-electron chi connectivity index (χ3n) is 4.72. The minimum Gasteiger partial charge on any atom is -0.280 e. The summed E-state index contributed by atoms with van der Waals surface area (Å²) in [5.74, 6) is -1.16. The predicted octanol–water partition coefficient (Wildman–Crippen LogP) is 4.18. The Morgan fingerprint density at radius 3 is 2.38 bits per heavy atom. The van der Waals surface area contributed by atoms with Crippen molar-refractivity contribution in [3.05, 3.63) is 69.6 Å². The third-order valence-corrected chi connectivity index (χ3v) is 6.30. The number of thiocarbonyl (C=S) groups is 1. The first-order valence-electron chi connectivity index (χ1n) is 8.81. The Morgan fingerprint density at radius 2 is 1.72 bits per heavy atom. The molecule has 0 saturated carbocycles. The molecule has 2 aliphatic rings. The van der Waals surface area contributed by atoms with Crippen LogP contribution in [0.5, 0.6) is 0 Å². The molecule has 2 saturated heterocycles. The fraction of sp³-hybridized carbons (Fsp3) is 0.143. The highest BCUT2D eigenvalue weighted by molar-refractivity contribution is 8.26. The van der Waals surface area contributed by atoms with E-state index in [4.69, 9.17) is 23.8 Å². The van der Waals surface area contributed by atoms with Gasteiger partial charge in [-0.15, -0.1) is 0 Å². The maximum absolute atomic E-state index is 13.0. The summed E-state index contributed by atoms with van der Waals surface area (Å²) in [5.41, 5.74) is 2.31. The second-order valence-electron chi connectivity index (χ2n) is 6.73. The zero-order valence-electron chi connectivity index (χ0n) is 15.3. The average Bonchev–Trinajstić information content (AvgIpc) is 3.12. The molecule has 0 radical (unpaired) electrons. The highest BCUT2D eigenvalue weighted by Gasteiger charge is 2.48. The summed E-state index contributed by atoms with van der Waals surface area (Å²) >= 11 is 12.4. The quantitative estimate of drug-likeness (QED) is 0.405. The highest BCUT2D eigenvalue weighted by atomic mass is 35.5. The van der Waals surface area contributed by atoms with Crippen LogP contribution >= 0.6 is 35.6 Å². The van der Waals surface area contributed by atoms with Crippen molar-refractivity contribution < 1.29 is 14.4 Å². The number of aryl methyl sites for hydroxylation is 1. The van der Waals surface area contributed by atoms with Crippen molar-refractivity contribution in [2.45, 2.75) is 19.4 Å². The molecule has 0 bridgehead atoms. The van der Waals surface area contributed by atoms with E-state index in [0.29, 0.717) is 15.6 Å². The van der Waals surface area contributed by atoms with E-state index in [-0.39, 0.29) is 22.6 Å². The fourth-order valence-corrected chi connectivity index (χ4v) is 4.72. The molecule has 2 aromatic rings. The molecule has 29 heavy (non-hydrogen) atoms. The van der Waals surface area contributed by atoms with E-state index >= 15 is 0 Å². The molecule has 2 aromatic carbocycles. The van der Waals surface area contributed by atoms with Crippen LogP contribution in [0, 0.1) is 6.92 Å². The van der Waals surface area contributed by atoms with Gasteiger partial charge in [0.1, 0.15) is 10.4 Å². The van der Waals surface area contributed by atoms with E-state index in [1.54, 1.807) is 42.5 Å². The van der Waals surface area contributed by atoms with Crippen LogP contribution in [0.4, 0.5) is 5.69 Å². The smallest absolute Gasteiger partial charge is 0.266 e. The Bertz CT molecular complexity index is 1060. The minimum atomic E-state index is -0.924. The van der Waals surface area contributed by atoms with Crippen LogP contribution in [0.2, 0.25) is 5.02 Å². The summed E-state index contributed by atoms with van der Waals surface area (Å²) < 4.78 is 0.270. The van der Waals surface area contributed by atoms with Crippen molar-refractivity contribution >= 4 is 69.4 Å². The first-order chi connectivity index (χ1) is 13.8. The molecule has 0 aromatic heterocycles. The van der Waals surface area contributed by atoms with Gasteiger partial charge in [0.2, 0.25) is 5.91 Å². The normalized spacial score (nSPS) is 21.0. The van der Waals surface area contributed by atoms with Gasteiger partial charge in [0, 0.05) is 5.02 Å². The van der Waals surface area contributed by atoms with Gasteiger partial charge in [-0.3, -0.25) is 19.3 Å².